The number of hydrogen-bond donors (Lipinski definition) is 2. The predicted molar refractivity (Wildman–Crippen MR) is 74.0 cm³/mol. The highest BCUT2D eigenvalue weighted by Crippen LogP contribution is 2.22. The Labute approximate surface area is 114 Å². The number of rotatable bonds is 4. The van der Waals surface area contributed by atoms with Crippen LogP contribution >= 0.6 is 15.9 Å². The molecule has 0 aliphatic rings. The van der Waals surface area contributed by atoms with Crippen LogP contribution in [0, 0.1) is 5.82 Å². The zero-order chi connectivity index (χ0) is 13.0. The van der Waals surface area contributed by atoms with Gasteiger partial charge >= 0.3 is 0 Å². The standard InChI is InChI=1S/C14H13BrFNO/c15-12-6-1-2-7-13(12)17-9-14(18)10-4-3-5-11(16)8-10/h1-8,14,17-18H,9H2. The highest BCUT2D eigenvalue weighted by molar-refractivity contribution is 9.10. The molecule has 0 saturated carbocycles. The van der Waals surface area contributed by atoms with Gasteiger partial charge in [-0.05, 0) is 45.8 Å². The van der Waals surface area contributed by atoms with Gasteiger partial charge in [-0.15, -0.1) is 0 Å². The summed E-state index contributed by atoms with van der Waals surface area (Å²) in [5, 5.41) is 13.1. The van der Waals surface area contributed by atoms with Crippen LogP contribution in [0.4, 0.5) is 10.1 Å². The molecule has 0 saturated heterocycles. The van der Waals surface area contributed by atoms with Crippen LogP contribution in [0.3, 0.4) is 0 Å². The number of benzene rings is 2. The fourth-order valence-corrected chi connectivity index (χ4v) is 2.07. The number of nitrogens with one attached hydrogen (secondary N) is 1. The predicted octanol–water partition coefficient (Wildman–Crippen LogP) is 3.73. The average molecular weight is 310 g/mol. The van der Waals surface area contributed by atoms with Crippen LogP contribution in [-0.2, 0) is 0 Å². The molecule has 0 spiro atoms. The van der Waals surface area contributed by atoms with Crippen LogP contribution in [0.25, 0.3) is 0 Å². The molecule has 0 aliphatic heterocycles. The first-order valence-corrected chi connectivity index (χ1v) is 6.38. The minimum Gasteiger partial charge on any atom is -0.387 e. The maximum absolute atomic E-state index is 13.0. The van der Waals surface area contributed by atoms with Gasteiger partial charge in [-0.1, -0.05) is 24.3 Å². The van der Waals surface area contributed by atoms with E-state index < -0.39 is 6.10 Å². The van der Waals surface area contributed by atoms with Gasteiger partial charge in [0.2, 0.25) is 0 Å². The van der Waals surface area contributed by atoms with Crippen molar-refractivity contribution in [1.29, 1.82) is 0 Å². The minimum atomic E-state index is -0.743. The number of para-hydroxylation sites is 1. The SMILES string of the molecule is OC(CNc1ccccc1Br)c1cccc(F)c1. The summed E-state index contributed by atoms with van der Waals surface area (Å²) in [5.74, 6) is -0.340. The van der Waals surface area contributed by atoms with E-state index in [4.69, 9.17) is 0 Å². The Morgan fingerprint density at radius 1 is 1.17 bits per heavy atom. The van der Waals surface area contributed by atoms with Crippen LogP contribution in [0.5, 0.6) is 0 Å². The molecule has 18 heavy (non-hydrogen) atoms. The molecule has 0 amide bonds. The zero-order valence-electron chi connectivity index (χ0n) is 9.61. The van der Waals surface area contributed by atoms with E-state index in [1.54, 1.807) is 12.1 Å². The second kappa shape index (κ2) is 5.98. The molecule has 1 atom stereocenters. The number of aliphatic hydroxyl groups is 1. The van der Waals surface area contributed by atoms with Crippen LogP contribution in [0.1, 0.15) is 11.7 Å². The van der Waals surface area contributed by atoms with Crippen LogP contribution in [0.2, 0.25) is 0 Å². The first-order valence-electron chi connectivity index (χ1n) is 5.59. The quantitative estimate of drug-likeness (QED) is 0.902. The van der Waals surface area contributed by atoms with Crippen molar-refractivity contribution in [1.82, 2.24) is 0 Å². The molecule has 1 unspecified atom stereocenters. The fraction of sp³-hybridized carbons (Fsp3) is 0.143. The Hall–Kier alpha value is -1.39. The Kier molecular flexibility index (Phi) is 4.33. The smallest absolute Gasteiger partial charge is 0.123 e. The number of hydrogen-bond acceptors (Lipinski definition) is 2. The summed E-state index contributed by atoms with van der Waals surface area (Å²) < 4.78 is 13.9. The van der Waals surface area contributed by atoms with Crippen LogP contribution in [0.15, 0.2) is 53.0 Å². The summed E-state index contributed by atoms with van der Waals surface area (Å²) in [4.78, 5) is 0. The van der Waals surface area contributed by atoms with Gasteiger partial charge in [0.25, 0.3) is 0 Å². The van der Waals surface area contributed by atoms with Gasteiger partial charge in [-0.3, -0.25) is 0 Å². The van der Waals surface area contributed by atoms with Crippen molar-refractivity contribution in [2.24, 2.45) is 0 Å². The summed E-state index contributed by atoms with van der Waals surface area (Å²) in [5.41, 5.74) is 1.46. The molecule has 2 aromatic rings. The van der Waals surface area contributed by atoms with Gasteiger partial charge in [-0.25, -0.2) is 4.39 Å². The van der Waals surface area contributed by atoms with E-state index in [1.807, 2.05) is 24.3 Å². The Morgan fingerprint density at radius 3 is 2.67 bits per heavy atom. The number of aliphatic hydroxyl groups excluding tert-OH is 1. The van der Waals surface area contributed by atoms with Crippen molar-refractivity contribution < 1.29 is 9.50 Å². The normalized spacial score (nSPS) is 12.2. The number of halogens is 2. The van der Waals surface area contributed by atoms with Crippen molar-refractivity contribution >= 4 is 21.6 Å². The molecule has 0 aliphatic carbocycles. The van der Waals surface area contributed by atoms with Gasteiger partial charge < -0.3 is 10.4 Å². The number of anilines is 1. The third-order valence-electron chi connectivity index (χ3n) is 2.59. The van der Waals surface area contributed by atoms with Crippen molar-refractivity contribution in [2.75, 3.05) is 11.9 Å². The monoisotopic (exact) mass is 309 g/mol. The molecule has 2 rings (SSSR count). The molecule has 0 fully saturated rings. The molecule has 94 valence electrons. The molecule has 2 N–H and O–H groups in total. The second-order valence-corrected chi connectivity index (χ2v) is 4.79. The van der Waals surface area contributed by atoms with Gasteiger partial charge in [0.1, 0.15) is 5.82 Å². The molecule has 0 bridgehead atoms. The first kappa shape index (κ1) is 13.1. The topological polar surface area (TPSA) is 32.3 Å². The van der Waals surface area contributed by atoms with Gasteiger partial charge in [-0.2, -0.15) is 0 Å². The summed E-state index contributed by atoms with van der Waals surface area (Å²) in [6, 6.07) is 13.6. The first-order chi connectivity index (χ1) is 8.66. The maximum Gasteiger partial charge on any atom is 0.123 e. The van der Waals surface area contributed by atoms with Gasteiger partial charge in [0.05, 0.1) is 6.10 Å². The van der Waals surface area contributed by atoms with E-state index in [-0.39, 0.29) is 5.82 Å². The van der Waals surface area contributed by atoms with Crippen molar-refractivity contribution in [3.63, 3.8) is 0 Å². The molecule has 2 aromatic carbocycles. The van der Waals surface area contributed by atoms with Crippen molar-refractivity contribution in [3.05, 3.63) is 64.4 Å². The lowest BCUT2D eigenvalue weighted by Crippen LogP contribution is -2.12. The van der Waals surface area contributed by atoms with Gasteiger partial charge in [0.15, 0.2) is 0 Å². The Morgan fingerprint density at radius 2 is 1.94 bits per heavy atom. The summed E-state index contributed by atoms with van der Waals surface area (Å²) in [6.45, 7) is 0.325. The molecule has 4 heteroatoms. The van der Waals surface area contributed by atoms with E-state index in [0.717, 1.165) is 10.2 Å². The summed E-state index contributed by atoms with van der Waals surface area (Å²) >= 11 is 3.41. The Bertz CT molecular complexity index is 533. The molecule has 0 heterocycles. The largest absolute Gasteiger partial charge is 0.387 e. The lowest BCUT2D eigenvalue weighted by atomic mass is 10.1. The molecule has 2 nitrogen and oxygen atoms in total. The summed E-state index contributed by atoms with van der Waals surface area (Å²) in [6.07, 6.45) is -0.743. The lowest BCUT2D eigenvalue weighted by molar-refractivity contribution is 0.191. The highest BCUT2D eigenvalue weighted by Gasteiger charge is 2.08. The molecule has 0 radical (unpaired) electrons. The van der Waals surface area contributed by atoms with Crippen molar-refractivity contribution in [2.45, 2.75) is 6.10 Å². The molecular weight excluding hydrogens is 297 g/mol. The van der Waals surface area contributed by atoms with Crippen LogP contribution < -0.4 is 5.32 Å². The van der Waals surface area contributed by atoms with Crippen LogP contribution in [-0.4, -0.2) is 11.7 Å². The highest BCUT2D eigenvalue weighted by atomic mass is 79.9. The van der Waals surface area contributed by atoms with Crippen molar-refractivity contribution in [3.8, 4) is 0 Å². The molecule has 0 aromatic heterocycles. The third-order valence-corrected chi connectivity index (χ3v) is 3.28. The fourth-order valence-electron chi connectivity index (χ4n) is 1.64. The van der Waals surface area contributed by atoms with E-state index in [0.29, 0.717) is 12.1 Å². The van der Waals surface area contributed by atoms with E-state index >= 15 is 0 Å². The maximum atomic E-state index is 13.0. The summed E-state index contributed by atoms with van der Waals surface area (Å²) in [7, 11) is 0. The molecular formula is C14H13BrFNO. The zero-order valence-corrected chi connectivity index (χ0v) is 11.2. The van der Waals surface area contributed by atoms with E-state index in [2.05, 4.69) is 21.2 Å². The Balaban J connectivity index is 2.00. The average Bonchev–Trinajstić information content (AvgIpc) is 2.37. The van der Waals surface area contributed by atoms with Gasteiger partial charge in [0, 0.05) is 16.7 Å². The van der Waals surface area contributed by atoms with E-state index in [9.17, 15) is 9.50 Å². The third kappa shape index (κ3) is 3.31. The minimum absolute atomic E-state index is 0.325. The lowest BCUT2D eigenvalue weighted by Gasteiger charge is -2.14. The van der Waals surface area contributed by atoms with E-state index in [1.165, 1.54) is 12.1 Å². The second-order valence-electron chi connectivity index (χ2n) is 3.93.